The van der Waals surface area contributed by atoms with Gasteiger partial charge in [-0.1, -0.05) is 43.2 Å². The summed E-state index contributed by atoms with van der Waals surface area (Å²) in [6, 6.07) is 12.7. The first-order valence-corrected chi connectivity index (χ1v) is 10.8. The van der Waals surface area contributed by atoms with E-state index in [-0.39, 0.29) is 6.04 Å². The van der Waals surface area contributed by atoms with Crippen LogP contribution in [0.3, 0.4) is 0 Å². The molecule has 4 nitrogen and oxygen atoms in total. The van der Waals surface area contributed by atoms with E-state index in [0.717, 1.165) is 43.5 Å². The number of hydrogen-bond donors (Lipinski definition) is 0. The summed E-state index contributed by atoms with van der Waals surface area (Å²) in [5.74, 6) is 0. The monoisotopic (exact) mass is 402 g/mol. The third kappa shape index (κ3) is 3.64. The molecule has 2 aromatic heterocycles. The van der Waals surface area contributed by atoms with Crippen LogP contribution in [0.5, 0.6) is 0 Å². The third-order valence-corrected chi connectivity index (χ3v) is 6.36. The van der Waals surface area contributed by atoms with Crippen molar-refractivity contribution < 1.29 is 4.39 Å². The minimum absolute atomic E-state index is 0.00173. The summed E-state index contributed by atoms with van der Waals surface area (Å²) in [6.45, 7) is 0.776. The molecule has 154 valence electrons. The lowest BCUT2D eigenvalue weighted by Gasteiger charge is -2.41. The molecule has 0 amide bonds. The average molecular weight is 403 g/mol. The SMILES string of the molecule is Cn1cc(-c2ccc(CC3=CCN([C@H]4CCCC[C@@H]4F)c4ccccc43)cn2)cn1. The normalized spacial score (nSPS) is 21.3. The van der Waals surface area contributed by atoms with Crippen molar-refractivity contribution >= 4 is 11.3 Å². The molecule has 5 rings (SSSR count). The predicted octanol–water partition coefficient (Wildman–Crippen LogP) is 5.21. The van der Waals surface area contributed by atoms with Gasteiger partial charge in [-0.25, -0.2) is 4.39 Å². The number of nitrogens with zero attached hydrogens (tertiary/aromatic N) is 4. The number of benzene rings is 1. The molecule has 3 heterocycles. The topological polar surface area (TPSA) is 34.0 Å². The standard InChI is InChI=1S/C25H27FN4/c1-29-17-20(16-28-29)23-11-10-18(15-27-23)14-19-12-13-30(24-8-4-2-6-21(19)24)25-9-5-3-7-22(25)26/h2,4,6,8,10-12,15-17,22,25H,3,5,7,9,13-14H2,1H3/t22-,25-/m0/s1. The molecule has 5 heteroatoms. The van der Waals surface area contributed by atoms with Gasteiger partial charge in [0.2, 0.25) is 0 Å². The molecule has 1 fully saturated rings. The van der Waals surface area contributed by atoms with Crippen LogP contribution in [0.15, 0.2) is 61.1 Å². The highest BCUT2D eigenvalue weighted by Crippen LogP contribution is 2.38. The Hall–Kier alpha value is -2.95. The number of halogens is 1. The summed E-state index contributed by atoms with van der Waals surface area (Å²) in [6.07, 6.45) is 11.9. The maximum atomic E-state index is 14.7. The Labute approximate surface area is 177 Å². The lowest BCUT2D eigenvalue weighted by atomic mass is 9.88. The van der Waals surface area contributed by atoms with Gasteiger partial charge in [-0.15, -0.1) is 0 Å². The highest BCUT2D eigenvalue weighted by atomic mass is 19.1. The van der Waals surface area contributed by atoms with Crippen LogP contribution in [0.25, 0.3) is 16.8 Å². The fourth-order valence-electron chi connectivity index (χ4n) is 4.78. The van der Waals surface area contributed by atoms with E-state index in [0.29, 0.717) is 6.42 Å². The molecule has 0 radical (unpaired) electrons. The summed E-state index contributed by atoms with van der Waals surface area (Å²) in [4.78, 5) is 6.93. The zero-order valence-electron chi connectivity index (χ0n) is 17.3. The number of allylic oxidation sites excluding steroid dienone is 1. The van der Waals surface area contributed by atoms with Gasteiger partial charge in [0.1, 0.15) is 6.17 Å². The molecule has 1 aliphatic carbocycles. The number of anilines is 1. The van der Waals surface area contributed by atoms with Crippen LogP contribution in [0.2, 0.25) is 0 Å². The molecule has 0 N–H and O–H groups in total. The summed E-state index contributed by atoms with van der Waals surface area (Å²) in [5.41, 5.74) is 6.82. The Kier molecular flexibility index (Phi) is 5.11. The largest absolute Gasteiger partial charge is 0.361 e. The molecule has 0 bridgehead atoms. The summed E-state index contributed by atoms with van der Waals surface area (Å²) < 4.78 is 16.5. The Balaban J connectivity index is 1.38. The van der Waals surface area contributed by atoms with Crippen molar-refractivity contribution in [1.82, 2.24) is 14.8 Å². The number of aryl methyl sites for hydroxylation is 1. The van der Waals surface area contributed by atoms with E-state index in [1.54, 1.807) is 4.68 Å². The van der Waals surface area contributed by atoms with Crippen molar-refractivity contribution in [2.75, 3.05) is 11.4 Å². The maximum Gasteiger partial charge on any atom is 0.120 e. The third-order valence-electron chi connectivity index (χ3n) is 6.36. The zero-order chi connectivity index (χ0) is 20.5. The van der Waals surface area contributed by atoms with Crippen molar-refractivity contribution in [3.63, 3.8) is 0 Å². The maximum absolute atomic E-state index is 14.7. The Morgan fingerprint density at radius 2 is 1.93 bits per heavy atom. The first-order valence-electron chi connectivity index (χ1n) is 10.8. The molecule has 1 aromatic carbocycles. The van der Waals surface area contributed by atoms with Crippen LogP contribution in [0, 0.1) is 0 Å². The molecule has 3 aromatic rings. The first-order chi connectivity index (χ1) is 14.7. The molecule has 0 saturated heterocycles. The second-order valence-electron chi connectivity index (χ2n) is 8.40. The fourth-order valence-corrected chi connectivity index (χ4v) is 4.78. The molecule has 2 aliphatic rings. The van der Waals surface area contributed by atoms with Crippen molar-refractivity contribution in [3.8, 4) is 11.3 Å². The van der Waals surface area contributed by atoms with Crippen LogP contribution in [0.1, 0.15) is 36.8 Å². The lowest BCUT2D eigenvalue weighted by molar-refractivity contribution is 0.211. The van der Waals surface area contributed by atoms with Crippen LogP contribution >= 0.6 is 0 Å². The van der Waals surface area contributed by atoms with Gasteiger partial charge in [-0.2, -0.15) is 5.10 Å². The second-order valence-corrected chi connectivity index (χ2v) is 8.40. The van der Waals surface area contributed by atoms with Crippen molar-refractivity contribution in [3.05, 3.63) is 72.2 Å². The van der Waals surface area contributed by atoms with Gasteiger partial charge in [-0.3, -0.25) is 9.67 Å². The average Bonchev–Trinajstić information content (AvgIpc) is 3.21. The van der Waals surface area contributed by atoms with Gasteiger partial charge in [0.25, 0.3) is 0 Å². The number of para-hydroxylation sites is 1. The summed E-state index contributed by atoms with van der Waals surface area (Å²) in [5, 5.41) is 4.22. The quantitative estimate of drug-likeness (QED) is 0.601. The fraction of sp³-hybridized carbons (Fsp3) is 0.360. The molecule has 2 atom stereocenters. The molecule has 0 spiro atoms. The van der Waals surface area contributed by atoms with Gasteiger partial charge in [-0.05, 0) is 42.5 Å². The zero-order valence-corrected chi connectivity index (χ0v) is 17.3. The van der Waals surface area contributed by atoms with Gasteiger partial charge in [0.05, 0.1) is 17.9 Å². The van der Waals surface area contributed by atoms with Crippen molar-refractivity contribution in [2.24, 2.45) is 7.05 Å². The molecular formula is C25H27FN4. The van der Waals surface area contributed by atoms with E-state index in [1.165, 1.54) is 22.4 Å². The number of rotatable bonds is 4. The highest BCUT2D eigenvalue weighted by molar-refractivity contribution is 5.81. The predicted molar refractivity (Wildman–Crippen MR) is 119 cm³/mol. The number of pyridine rings is 1. The van der Waals surface area contributed by atoms with E-state index in [9.17, 15) is 4.39 Å². The van der Waals surface area contributed by atoms with Gasteiger partial charge in [0.15, 0.2) is 0 Å². The smallest absolute Gasteiger partial charge is 0.120 e. The first kappa shape index (κ1) is 19.0. The van der Waals surface area contributed by atoms with Gasteiger partial charge in [0, 0.05) is 42.8 Å². The van der Waals surface area contributed by atoms with Gasteiger partial charge < -0.3 is 4.90 Å². The van der Waals surface area contributed by atoms with Crippen LogP contribution in [0.4, 0.5) is 10.1 Å². The van der Waals surface area contributed by atoms with Crippen LogP contribution < -0.4 is 4.90 Å². The van der Waals surface area contributed by atoms with Crippen molar-refractivity contribution in [1.29, 1.82) is 0 Å². The Bertz CT molecular complexity index is 1050. The van der Waals surface area contributed by atoms with Crippen LogP contribution in [-0.4, -0.2) is 33.5 Å². The minimum Gasteiger partial charge on any atom is -0.361 e. The summed E-state index contributed by atoms with van der Waals surface area (Å²) in [7, 11) is 1.91. The van der Waals surface area contributed by atoms with E-state index in [4.69, 9.17) is 0 Å². The Morgan fingerprint density at radius 3 is 2.70 bits per heavy atom. The number of fused-ring (bicyclic) bond motifs is 1. The molecule has 30 heavy (non-hydrogen) atoms. The lowest BCUT2D eigenvalue weighted by Crippen LogP contribution is -2.45. The minimum atomic E-state index is -0.731. The number of hydrogen-bond acceptors (Lipinski definition) is 3. The molecule has 0 unspecified atom stereocenters. The van der Waals surface area contributed by atoms with Crippen LogP contribution in [-0.2, 0) is 13.5 Å². The van der Waals surface area contributed by atoms with E-state index in [1.807, 2.05) is 25.6 Å². The van der Waals surface area contributed by atoms with E-state index >= 15 is 0 Å². The summed E-state index contributed by atoms with van der Waals surface area (Å²) >= 11 is 0. The second kappa shape index (κ2) is 8.05. The Morgan fingerprint density at radius 1 is 1.07 bits per heavy atom. The number of aromatic nitrogens is 3. The van der Waals surface area contributed by atoms with Crippen molar-refractivity contribution in [2.45, 2.75) is 44.3 Å². The van der Waals surface area contributed by atoms with Gasteiger partial charge >= 0.3 is 0 Å². The number of alkyl halides is 1. The molecule has 1 aliphatic heterocycles. The highest BCUT2D eigenvalue weighted by Gasteiger charge is 2.32. The molecule has 1 saturated carbocycles. The van der Waals surface area contributed by atoms with E-state index in [2.05, 4.69) is 57.5 Å². The van der Waals surface area contributed by atoms with E-state index < -0.39 is 6.17 Å². The molecular weight excluding hydrogens is 375 g/mol.